The van der Waals surface area contributed by atoms with Gasteiger partial charge in [0.1, 0.15) is 5.75 Å². The van der Waals surface area contributed by atoms with Crippen LogP contribution in [-0.2, 0) is 15.0 Å². The molecular formula is C26H29N5O4. The Morgan fingerprint density at radius 2 is 2.03 bits per heavy atom. The van der Waals surface area contributed by atoms with Gasteiger partial charge >= 0.3 is 0 Å². The van der Waals surface area contributed by atoms with E-state index < -0.39 is 0 Å². The van der Waals surface area contributed by atoms with E-state index in [9.17, 15) is 9.59 Å². The number of rotatable bonds is 6. The average molecular weight is 476 g/mol. The standard InChI is InChI=1S/C26H29N5O4/c1-18-7-8-21-20(15-18)31(23(33)17-34-21)12-4-6-22(32)30-13-9-26(2,10-14-30)25-28-24(35-29-25)19-5-3-11-27-16-19/h3,5,7-8,11,15-16H,4,6,9-10,12-14,17H2,1-2H3. The number of likely N-dealkylation sites (tertiary alicyclic amines) is 1. The number of hydrogen-bond donors (Lipinski definition) is 0. The number of piperidine rings is 1. The average Bonchev–Trinajstić information content (AvgIpc) is 3.38. The van der Waals surface area contributed by atoms with E-state index in [1.807, 2.05) is 42.2 Å². The van der Waals surface area contributed by atoms with Crippen LogP contribution in [0.2, 0.25) is 0 Å². The monoisotopic (exact) mass is 475 g/mol. The number of fused-ring (bicyclic) bond motifs is 1. The van der Waals surface area contributed by atoms with Crippen LogP contribution < -0.4 is 9.64 Å². The Kier molecular flexibility index (Phi) is 6.23. The first-order valence-corrected chi connectivity index (χ1v) is 12.0. The predicted octanol–water partition coefficient (Wildman–Crippen LogP) is 3.53. The fourth-order valence-corrected chi connectivity index (χ4v) is 4.65. The van der Waals surface area contributed by atoms with Crippen molar-refractivity contribution in [3.63, 3.8) is 0 Å². The third-order valence-electron chi connectivity index (χ3n) is 6.92. The molecule has 0 radical (unpaired) electrons. The Bertz CT molecular complexity index is 1220. The Hall–Kier alpha value is -3.75. The van der Waals surface area contributed by atoms with E-state index in [0.717, 1.165) is 29.7 Å². The molecule has 0 atom stereocenters. The fourth-order valence-electron chi connectivity index (χ4n) is 4.65. The molecule has 4 heterocycles. The minimum absolute atomic E-state index is 0.0350. The van der Waals surface area contributed by atoms with Crippen LogP contribution in [0.25, 0.3) is 11.5 Å². The highest BCUT2D eigenvalue weighted by Crippen LogP contribution is 2.35. The SMILES string of the molecule is Cc1ccc2c(c1)N(CCCC(=O)N1CCC(C)(c3noc(-c4cccnc4)n3)CC1)C(=O)CO2. The normalized spacial score (nSPS) is 17.1. The van der Waals surface area contributed by atoms with E-state index in [1.165, 1.54) is 0 Å². The van der Waals surface area contributed by atoms with Gasteiger partial charge in [0, 0.05) is 43.9 Å². The number of anilines is 1. The molecule has 9 heteroatoms. The molecule has 3 aromatic rings. The van der Waals surface area contributed by atoms with E-state index in [4.69, 9.17) is 9.26 Å². The van der Waals surface area contributed by atoms with Gasteiger partial charge in [-0.15, -0.1) is 0 Å². The molecule has 35 heavy (non-hydrogen) atoms. The van der Waals surface area contributed by atoms with Crippen molar-refractivity contribution in [3.8, 4) is 17.2 Å². The number of carbonyl (C=O) groups excluding carboxylic acids is 2. The summed E-state index contributed by atoms with van der Waals surface area (Å²) in [5, 5.41) is 4.23. The maximum absolute atomic E-state index is 12.9. The Balaban J connectivity index is 1.14. The van der Waals surface area contributed by atoms with Crippen LogP contribution in [0.1, 0.15) is 44.0 Å². The van der Waals surface area contributed by atoms with E-state index in [0.29, 0.717) is 49.9 Å². The van der Waals surface area contributed by atoms with Crippen LogP contribution in [-0.4, -0.2) is 58.1 Å². The Morgan fingerprint density at radius 1 is 1.20 bits per heavy atom. The molecule has 1 fully saturated rings. The van der Waals surface area contributed by atoms with Gasteiger partial charge in [-0.05, 0) is 56.0 Å². The predicted molar refractivity (Wildman–Crippen MR) is 129 cm³/mol. The van der Waals surface area contributed by atoms with Crippen LogP contribution in [0.5, 0.6) is 5.75 Å². The number of amides is 2. The molecule has 0 saturated carbocycles. The summed E-state index contributed by atoms with van der Waals surface area (Å²) >= 11 is 0. The highest BCUT2D eigenvalue weighted by molar-refractivity contribution is 5.98. The number of carbonyl (C=O) groups is 2. The van der Waals surface area contributed by atoms with Crippen molar-refractivity contribution in [3.05, 3.63) is 54.1 Å². The second kappa shape index (κ2) is 9.48. The molecule has 0 spiro atoms. The molecule has 1 aromatic carbocycles. The summed E-state index contributed by atoms with van der Waals surface area (Å²) in [7, 11) is 0. The number of nitrogens with zero attached hydrogens (tertiary/aromatic N) is 5. The van der Waals surface area contributed by atoms with Gasteiger partial charge in [0.25, 0.3) is 11.8 Å². The second-order valence-electron chi connectivity index (χ2n) is 9.52. The summed E-state index contributed by atoms with van der Waals surface area (Å²) in [5.74, 6) is 1.88. The lowest BCUT2D eigenvalue weighted by atomic mass is 9.79. The second-order valence-corrected chi connectivity index (χ2v) is 9.52. The van der Waals surface area contributed by atoms with Crippen LogP contribution in [0.15, 0.2) is 47.2 Å². The summed E-state index contributed by atoms with van der Waals surface area (Å²) in [5.41, 5.74) is 2.39. The lowest BCUT2D eigenvalue weighted by Crippen LogP contribution is -2.44. The van der Waals surface area contributed by atoms with Crippen LogP contribution in [0, 0.1) is 6.92 Å². The molecule has 0 N–H and O–H groups in total. The van der Waals surface area contributed by atoms with Crippen molar-refractivity contribution < 1.29 is 18.8 Å². The number of benzene rings is 1. The largest absolute Gasteiger partial charge is 0.482 e. The fraction of sp³-hybridized carbons (Fsp3) is 0.423. The zero-order valence-corrected chi connectivity index (χ0v) is 20.1. The van der Waals surface area contributed by atoms with Gasteiger partial charge in [0.2, 0.25) is 5.91 Å². The quantitative estimate of drug-likeness (QED) is 0.537. The van der Waals surface area contributed by atoms with Crippen LogP contribution >= 0.6 is 0 Å². The molecule has 2 aromatic heterocycles. The van der Waals surface area contributed by atoms with Gasteiger partial charge in [-0.25, -0.2) is 0 Å². The number of aromatic nitrogens is 3. The zero-order valence-electron chi connectivity index (χ0n) is 20.1. The minimum Gasteiger partial charge on any atom is -0.482 e. The van der Waals surface area contributed by atoms with Crippen molar-refractivity contribution in [2.75, 3.05) is 31.1 Å². The van der Waals surface area contributed by atoms with Crippen molar-refractivity contribution >= 4 is 17.5 Å². The molecule has 2 amide bonds. The molecule has 0 bridgehead atoms. The first-order chi connectivity index (χ1) is 16.9. The zero-order chi connectivity index (χ0) is 24.4. The highest BCUT2D eigenvalue weighted by Gasteiger charge is 2.37. The highest BCUT2D eigenvalue weighted by atomic mass is 16.5. The maximum atomic E-state index is 12.9. The van der Waals surface area contributed by atoms with Crippen molar-refractivity contribution in [2.24, 2.45) is 0 Å². The number of ether oxygens (including phenoxy) is 1. The molecule has 5 rings (SSSR count). The van der Waals surface area contributed by atoms with Gasteiger partial charge in [0.05, 0.1) is 11.3 Å². The number of hydrogen-bond acceptors (Lipinski definition) is 7. The Labute approximate surface area is 204 Å². The number of pyridine rings is 1. The summed E-state index contributed by atoms with van der Waals surface area (Å²) < 4.78 is 11.0. The smallest absolute Gasteiger partial charge is 0.265 e. The molecule has 2 aliphatic heterocycles. The molecular weight excluding hydrogens is 446 g/mol. The lowest BCUT2D eigenvalue weighted by Gasteiger charge is -2.37. The number of aryl methyl sites for hydroxylation is 1. The summed E-state index contributed by atoms with van der Waals surface area (Å²) in [6.45, 7) is 5.92. The molecule has 2 aliphatic rings. The first kappa shape index (κ1) is 23.0. The third-order valence-corrected chi connectivity index (χ3v) is 6.92. The van der Waals surface area contributed by atoms with Crippen molar-refractivity contribution in [1.82, 2.24) is 20.0 Å². The molecule has 0 aliphatic carbocycles. The third kappa shape index (κ3) is 4.76. The summed E-state index contributed by atoms with van der Waals surface area (Å²) in [4.78, 5) is 37.7. The topological polar surface area (TPSA) is 102 Å². The van der Waals surface area contributed by atoms with Crippen LogP contribution in [0.3, 0.4) is 0 Å². The summed E-state index contributed by atoms with van der Waals surface area (Å²) in [6, 6.07) is 9.54. The molecule has 9 nitrogen and oxygen atoms in total. The van der Waals surface area contributed by atoms with Gasteiger partial charge in [0.15, 0.2) is 12.4 Å². The van der Waals surface area contributed by atoms with Crippen molar-refractivity contribution in [1.29, 1.82) is 0 Å². The van der Waals surface area contributed by atoms with Crippen molar-refractivity contribution in [2.45, 2.75) is 44.9 Å². The van der Waals surface area contributed by atoms with E-state index in [2.05, 4.69) is 22.0 Å². The molecule has 182 valence electrons. The van der Waals surface area contributed by atoms with Gasteiger partial charge in [-0.1, -0.05) is 18.1 Å². The van der Waals surface area contributed by atoms with Crippen LogP contribution in [0.4, 0.5) is 5.69 Å². The molecule has 0 unspecified atom stereocenters. The first-order valence-electron chi connectivity index (χ1n) is 12.0. The van der Waals surface area contributed by atoms with Gasteiger partial charge in [-0.3, -0.25) is 14.6 Å². The van der Waals surface area contributed by atoms with Gasteiger partial charge in [-0.2, -0.15) is 4.98 Å². The van der Waals surface area contributed by atoms with Gasteiger partial charge < -0.3 is 19.1 Å². The van der Waals surface area contributed by atoms with E-state index in [1.54, 1.807) is 17.3 Å². The maximum Gasteiger partial charge on any atom is 0.265 e. The van der Waals surface area contributed by atoms with E-state index in [-0.39, 0.29) is 23.8 Å². The summed E-state index contributed by atoms with van der Waals surface area (Å²) in [6.07, 6.45) is 5.93. The van der Waals surface area contributed by atoms with E-state index >= 15 is 0 Å². The Morgan fingerprint density at radius 3 is 2.80 bits per heavy atom. The lowest BCUT2D eigenvalue weighted by molar-refractivity contribution is -0.133. The molecule has 1 saturated heterocycles. The minimum atomic E-state index is -0.247.